The Morgan fingerprint density at radius 2 is 1.45 bits per heavy atom. The minimum absolute atomic E-state index is 0.0606. The number of para-hydroxylation sites is 1. The lowest BCUT2D eigenvalue weighted by Crippen LogP contribution is -2.54. The Morgan fingerprint density at radius 3 is 2.07 bits per heavy atom. The van der Waals surface area contributed by atoms with Gasteiger partial charge in [-0.1, -0.05) is 85.3 Å². The monoisotopic (exact) mass is 635 g/mol. The molecule has 44 heavy (non-hydrogen) atoms. The van der Waals surface area contributed by atoms with E-state index in [1.165, 1.54) is 41.3 Å². The molecule has 0 spiro atoms. The van der Waals surface area contributed by atoms with Gasteiger partial charge in [-0.2, -0.15) is 0 Å². The molecule has 230 valence electrons. The number of amides is 2. The molecule has 2 amide bonds. The Labute approximate surface area is 263 Å². The first kappa shape index (κ1) is 32.7. The molecule has 0 heterocycles. The van der Waals surface area contributed by atoms with Gasteiger partial charge in [0.05, 0.1) is 10.6 Å². The standard InChI is InChI=1S/C34H35ClFN3O4S/c1-3-25(2)37-34(41)32(22-26-12-6-4-7-13-26)38(23-27-14-10-11-17-31(27)36)33(40)24-39(29-15-8-5-9-16-29)44(42,43)30-20-18-28(35)19-21-30/h4-21,25,32H,3,22-24H2,1-2H3,(H,37,41). The van der Waals surface area contributed by atoms with Gasteiger partial charge in [-0.25, -0.2) is 12.8 Å². The van der Waals surface area contributed by atoms with Crippen molar-refractivity contribution in [3.8, 4) is 0 Å². The summed E-state index contributed by atoms with van der Waals surface area (Å²) in [6, 6.07) is 27.8. The number of sulfonamides is 1. The number of nitrogens with one attached hydrogen (secondary N) is 1. The second-order valence-corrected chi connectivity index (χ2v) is 12.7. The predicted octanol–water partition coefficient (Wildman–Crippen LogP) is 6.23. The van der Waals surface area contributed by atoms with Gasteiger partial charge < -0.3 is 10.2 Å². The first-order chi connectivity index (χ1) is 21.1. The molecule has 7 nitrogen and oxygen atoms in total. The van der Waals surface area contributed by atoms with Crippen LogP contribution in [0.1, 0.15) is 31.4 Å². The van der Waals surface area contributed by atoms with E-state index in [0.717, 1.165) is 9.87 Å². The summed E-state index contributed by atoms with van der Waals surface area (Å²) in [4.78, 5) is 29.4. The highest BCUT2D eigenvalue weighted by atomic mass is 35.5. The average Bonchev–Trinajstić information content (AvgIpc) is 3.03. The predicted molar refractivity (Wildman–Crippen MR) is 171 cm³/mol. The quantitative estimate of drug-likeness (QED) is 0.189. The SMILES string of the molecule is CCC(C)NC(=O)C(Cc1ccccc1)N(Cc1ccccc1F)C(=O)CN(c1ccccc1)S(=O)(=O)c1ccc(Cl)cc1. The third-order valence-electron chi connectivity index (χ3n) is 7.30. The molecule has 2 atom stereocenters. The Bertz CT molecular complexity index is 1660. The maximum absolute atomic E-state index is 15.0. The summed E-state index contributed by atoms with van der Waals surface area (Å²) in [5.74, 6) is -1.63. The van der Waals surface area contributed by atoms with Gasteiger partial charge >= 0.3 is 0 Å². The maximum Gasteiger partial charge on any atom is 0.264 e. The van der Waals surface area contributed by atoms with Crippen molar-refractivity contribution < 1.29 is 22.4 Å². The first-order valence-electron chi connectivity index (χ1n) is 14.3. The number of hydrogen-bond acceptors (Lipinski definition) is 4. The zero-order valence-electron chi connectivity index (χ0n) is 24.6. The molecule has 0 bridgehead atoms. The van der Waals surface area contributed by atoms with Crippen LogP contribution < -0.4 is 9.62 Å². The van der Waals surface area contributed by atoms with Crippen molar-refractivity contribution in [2.45, 2.75) is 50.2 Å². The number of rotatable bonds is 13. The minimum atomic E-state index is -4.26. The van der Waals surface area contributed by atoms with E-state index in [9.17, 15) is 22.4 Å². The lowest BCUT2D eigenvalue weighted by molar-refractivity contribution is -0.140. The molecular weight excluding hydrogens is 601 g/mol. The van der Waals surface area contributed by atoms with Crippen LogP contribution >= 0.6 is 11.6 Å². The van der Waals surface area contributed by atoms with Crippen LogP contribution in [0.15, 0.2) is 114 Å². The summed E-state index contributed by atoms with van der Waals surface area (Å²) in [5, 5.41) is 3.32. The van der Waals surface area contributed by atoms with Gasteiger partial charge in [0.2, 0.25) is 11.8 Å². The molecule has 10 heteroatoms. The molecule has 4 aromatic rings. The molecule has 4 rings (SSSR count). The minimum Gasteiger partial charge on any atom is -0.352 e. The van der Waals surface area contributed by atoms with Crippen molar-refractivity contribution in [3.05, 3.63) is 131 Å². The zero-order chi connectivity index (χ0) is 31.7. The zero-order valence-corrected chi connectivity index (χ0v) is 26.1. The van der Waals surface area contributed by atoms with E-state index in [2.05, 4.69) is 5.32 Å². The van der Waals surface area contributed by atoms with Crippen LogP contribution in [0.3, 0.4) is 0 Å². The van der Waals surface area contributed by atoms with E-state index in [4.69, 9.17) is 11.6 Å². The molecule has 0 radical (unpaired) electrons. The summed E-state index contributed by atoms with van der Waals surface area (Å²) in [5.41, 5.74) is 1.24. The average molecular weight is 636 g/mol. The molecule has 0 saturated carbocycles. The molecule has 0 saturated heterocycles. The molecule has 4 aromatic carbocycles. The maximum atomic E-state index is 15.0. The van der Waals surface area contributed by atoms with Crippen molar-refractivity contribution in [3.63, 3.8) is 0 Å². The third kappa shape index (κ3) is 8.24. The fraction of sp³-hybridized carbons (Fsp3) is 0.235. The van der Waals surface area contributed by atoms with Crippen LogP contribution in [0.4, 0.5) is 10.1 Å². The largest absolute Gasteiger partial charge is 0.352 e. The Balaban J connectivity index is 1.80. The lowest BCUT2D eigenvalue weighted by atomic mass is 10.0. The molecule has 0 aromatic heterocycles. The second-order valence-electron chi connectivity index (χ2n) is 10.4. The molecule has 0 aliphatic heterocycles. The molecule has 0 aliphatic rings. The van der Waals surface area contributed by atoms with Crippen molar-refractivity contribution in [2.24, 2.45) is 0 Å². The number of halogens is 2. The number of hydrogen-bond donors (Lipinski definition) is 1. The van der Waals surface area contributed by atoms with E-state index >= 15 is 0 Å². The number of carbonyl (C=O) groups is 2. The highest BCUT2D eigenvalue weighted by Crippen LogP contribution is 2.26. The van der Waals surface area contributed by atoms with E-state index in [1.807, 2.05) is 44.2 Å². The van der Waals surface area contributed by atoms with Crippen LogP contribution in [0, 0.1) is 5.82 Å². The first-order valence-corrected chi connectivity index (χ1v) is 16.1. The summed E-state index contributed by atoms with van der Waals surface area (Å²) < 4.78 is 43.9. The summed E-state index contributed by atoms with van der Waals surface area (Å²) in [7, 11) is -4.26. The molecule has 0 fully saturated rings. The normalized spacial score (nSPS) is 12.6. The number of benzene rings is 4. The summed E-state index contributed by atoms with van der Waals surface area (Å²) in [6.07, 6.45) is 0.796. The van der Waals surface area contributed by atoms with Crippen LogP contribution in [0.5, 0.6) is 0 Å². The van der Waals surface area contributed by atoms with Crippen LogP contribution in [-0.2, 0) is 32.6 Å². The highest BCUT2D eigenvalue weighted by molar-refractivity contribution is 7.92. The van der Waals surface area contributed by atoms with Gasteiger partial charge in [0.25, 0.3) is 10.0 Å². The smallest absolute Gasteiger partial charge is 0.264 e. The Hall–Kier alpha value is -4.21. The van der Waals surface area contributed by atoms with Crippen LogP contribution in [-0.4, -0.2) is 43.8 Å². The van der Waals surface area contributed by atoms with Crippen molar-refractivity contribution in [1.82, 2.24) is 10.2 Å². The van der Waals surface area contributed by atoms with E-state index in [-0.39, 0.29) is 35.2 Å². The van der Waals surface area contributed by atoms with Gasteiger partial charge in [0, 0.05) is 29.6 Å². The molecular formula is C34H35ClFN3O4S. The van der Waals surface area contributed by atoms with Crippen LogP contribution in [0.2, 0.25) is 5.02 Å². The van der Waals surface area contributed by atoms with Crippen molar-refractivity contribution >= 4 is 39.1 Å². The van der Waals surface area contributed by atoms with Crippen molar-refractivity contribution in [1.29, 1.82) is 0 Å². The van der Waals surface area contributed by atoms with Gasteiger partial charge in [0.15, 0.2) is 0 Å². The van der Waals surface area contributed by atoms with Gasteiger partial charge in [-0.05, 0) is 61.4 Å². The number of anilines is 1. The molecule has 0 aliphatic carbocycles. The second kappa shape index (κ2) is 15.0. The highest BCUT2D eigenvalue weighted by Gasteiger charge is 2.35. The molecule has 1 N–H and O–H groups in total. The van der Waals surface area contributed by atoms with E-state index in [1.54, 1.807) is 42.5 Å². The fourth-order valence-electron chi connectivity index (χ4n) is 4.66. The number of nitrogens with zero attached hydrogens (tertiary/aromatic N) is 2. The van der Waals surface area contributed by atoms with Crippen LogP contribution in [0.25, 0.3) is 0 Å². The van der Waals surface area contributed by atoms with Crippen molar-refractivity contribution in [2.75, 3.05) is 10.8 Å². The topological polar surface area (TPSA) is 86.8 Å². The third-order valence-corrected chi connectivity index (χ3v) is 9.34. The van der Waals surface area contributed by atoms with E-state index < -0.39 is 40.2 Å². The Morgan fingerprint density at radius 1 is 0.864 bits per heavy atom. The lowest BCUT2D eigenvalue weighted by Gasteiger charge is -2.34. The summed E-state index contributed by atoms with van der Waals surface area (Å²) in [6.45, 7) is 2.90. The fourth-order valence-corrected chi connectivity index (χ4v) is 6.20. The van der Waals surface area contributed by atoms with Gasteiger partial charge in [0.1, 0.15) is 18.4 Å². The Kier molecular flexibility index (Phi) is 11.1. The summed E-state index contributed by atoms with van der Waals surface area (Å²) >= 11 is 6.01. The number of carbonyl (C=O) groups excluding carboxylic acids is 2. The molecule has 2 unspecified atom stereocenters. The van der Waals surface area contributed by atoms with Gasteiger partial charge in [-0.3, -0.25) is 13.9 Å². The van der Waals surface area contributed by atoms with Gasteiger partial charge in [-0.15, -0.1) is 0 Å². The van der Waals surface area contributed by atoms with E-state index in [0.29, 0.717) is 11.4 Å².